The van der Waals surface area contributed by atoms with Gasteiger partial charge < -0.3 is 10.5 Å². The fourth-order valence-electron chi connectivity index (χ4n) is 1.18. The highest BCUT2D eigenvalue weighted by atomic mass is 35.5. The van der Waals surface area contributed by atoms with Crippen LogP contribution in [0.5, 0.6) is 5.75 Å². The third kappa shape index (κ3) is 2.16. The molecule has 1 aromatic carbocycles. The summed E-state index contributed by atoms with van der Waals surface area (Å²) in [4.78, 5) is 0. The molecule has 0 aliphatic rings. The molecule has 0 saturated heterocycles. The molecule has 2 N–H and O–H groups in total. The Morgan fingerprint density at radius 3 is 2.43 bits per heavy atom. The Morgan fingerprint density at radius 2 is 2.00 bits per heavy atom. The molecule has 2 nitrogen and oxygen atoms in total. The van der Waals surface area contributed by atoms with Crippen LogP contribution in [0.4, 0.5) is 4.39 Å². The lowest BCUT2D eigenvalue weighted by atomic mass is 9.95. The average molecular weight is 218 g/mol. The van der Waals surface area contributed by atoms with E-state index in [1.807, 2.05) is 0 Å². The number of benzene rings is 1. The summed E-state index contributed by atoms with van der Waals surface area (Å²) in [7, 11) is 1.48. The molecule has 4 heteroatoms. The normalized spacial score (nSPS) is 11.6. The monoisotopic (exact) mass is 217 g/mol. The Labute approximate surface area is 87.8 Å². The predicted molar refractivity (Wildman–Crippen MR) is 55.2 cm³/mol. The van der Waals surface area contributed by atoms with Crippen LogP contribution < -0.4 is 10.5 Å². The molecule has 0 bridgehead atoms. The Morgan fingerprint density at radius 1 is 1.43 bits per heavy atom. The van der Waals surface area contributed by atoms with Gasteiger partial charge in [0.1, 0.15) is 11.6 Å². The zero-order chi connectivity index (χ0) is 10.9. The van der Waals surface area contributed by atoms with Crippen LogP contribution in [0.2, 0.25) is 5.02 Å². The van der Waals surface area contributed by atoms with Gasteiger partial charge in [0, 0.05) is 11.1 Å². The van der Waals surface area contributed by atoms with Crippen LogP contribution in [0.1, 0.15) is 19.4 Å². The van der Waals surface area contributed by atoms with Crippen molar-refractivity contribution >= 4 is 11.6 Å². The van der Waals surface area contributed by atoms with Gasteiger partial charge in [0.2, 0.25) is 0 Å². The van der Waals surface area contributed by atoms with Gasteiger partial charge in [-0.1, -0.05) is 11.6 Å². The molecular weight excluding hydrogens is 205 g/mol. The van der Waals surface area contributed by atoms with Gasteiger partial charge in [-0.25, -0.2) is 4.39 Å². The van der Waals surface area contributed by atoms with Crippen LogP contribution in [0.15, 0.2) is 12.1 Å². The van der Waals surface area contributed by atoms with Crippen LogP contribution in [0, 0.1) is 5.82 Å². The highest BCUT2D eigenvalue weighted by Gasteiger charge is 2.21. The van der Waals surface area contributed by atoms with E-state index in [9.17, 15) is 4.39 Å². The fourth-order valence-corrected chi connectivity index (χ4v) is 1.41. The first kappa shape index (κ1) is 11.3. The van der Waals surface area contributed by atoms with E-state index in [2.05, 4.69) is 0 Å². The second kappa shape index (κ2) is 3.75. The summed E-state index contributed by atoms with van der Waals surface area (Å²) in [6, 6.07) is 2.74. The molecule has 78 valence electrons. The Balaban J connectivity index is 3.32. The van der Waals surface area contributed by atoms with Gasteiger partial charge >= 0.3 is 0 Å². The van der Waals surface area contributed by atoms with Crippen molar-refractivity contribution in [2.45, 2.75) is 19.4 Å². The maximum absolute atomic E-state index is 13.4. The number of methoxy groups -OCH3 is 1. The molecule has 0 fully saturated rings. The van der Waals surface area contributed by atoms with Crippen LogP contribution in [0.25, 0.3) is 0 Å². The van der Waals surface area contributed by atoms with Gasteiger partial charge in [-0.2, -0.15) is 0 Å². The molecule has 0 aliphatic heterocycles. The first-order chi connectivity index (χ1) is 6.36. The number of halogens is 2. The van der Waals surface area contributed by atoms with Gasteiger partial charge in [0.05, 0.1) is 12.1 Å². The van der Waals surface area contributed by atoms with Crippen molar-refractivity contribution in [3.05, 3.63) is 28.5 Å². The molecule has 0 atom stereocenters. The summed E-state index contributed by atoms with van der Waals surface area (Å²) < 4.78 is 18.4. The van der Waals surface area contributed by atoms with Gasteiger partial charge in [-0.15, -0.1) is 0 Å². The van der Waals surface area contributed by atoms with Crippen LogP contribution in [-0.2, 0) is 5.54 Å². The van der Waals surface area contributed by atoms with Crippen molar-refractivity contribution < 1.29 is 9.13 Å². The molecule has 1 aromatic rings. The summed E-state index contributed by atoms with van der Waals surface area (Å²) in [5.41, 5.74) is 5.43. The number of rotatable bonds is 2. The predicted octanol–water partition coefficient (Wildman–Crippen LogP) is 2.68. The molecule has 0 aromatic heterocycles. The molecular formula is C10H13ClFNO. The third-order valence-corrected chi connectivity index (χ3v) is 2.23. The molecule has 0 spiro atoms. The molecule has 14 heavy (non-hydrogen) atoms. The van der Waals surface area contributed by atoms with Gasteiger partial charge in [-0.05, 0) is 26.0 Å². The smallest absolute Gasteiger partial charge is 0.138 e. The van der Waals surface area contributed by atoms with Crippen molar-refractivity contribution in [1.29, 1.82) is 0 Å². The molecule has 0 saturated carbocycles. The molecule has 0 unspecified atom stereocenters. The van der Waals surface area contributed by atoms with Gasteiger partial charge in [-0.3, -0.25) is 0 Å². The quantitative estimate of drug-likeness (QED) is 0.827. The number of hydrogen-bond donors (Lipinski definition) is 1. The van der Waals surface area contributed by atoms with Crippen LogP contribution in [0.3, 0.4) is 0 Å². The molecule has 1 rings (SSSR count). The summed E-state index contributed by atoms with van der Waals surface area (Å²) >= 11 is 5.75. The van der Waals surface area contributed by atoms with E-state index in [-0.39, 0.29) is 5.02 Å². The zero-order valence-corrected chi connectivity index (χ0v) is 9.15. The third-order valence-electron chi connectivity index (χ3n) is 1.94. The fraction of sp³-hybridized carbons (Fsp3) is 0.400. The minimum Gasteiger partial charge on any atom is -0.495 e. The summed E-state index contributed by atoms with van der Waals surface area (Å²) in [5.74, 6) is 0.0184. The molecule has 0 amide bonds. The summed E-state index contributed by atoms with van der Waals surface area (Å²) in [6.07, 6.45) is 0. The minimum atomic E-state index is -0.748. The Kier molecular flexibility index (Phi) is 3.02. The maximum Gasteiger partial charge on any atom is 0.138 e. The highest BCUT2D eigenvalue weighted by Crippen LogP contribution is 2.31. The lowest BCUT2D eigenvalue weighted by Crippen LogP contribution is -2.29. The van der Waals surface area contributed by atoms with E-state index in [1.54, 1.807) is 13.8 Å². The molecule has 0 aliphatic carbocycles. The van der Waals surface area contributed by atoms with Crippen LogP contribution >= 0.6 is 11.6 Å². The lowest BCUT2D eigenvalue weighted by molar-refractivity contribution is 0.409. The van der Waals surface area contributed by atoms with E-state index in [0.29, 0.717) is 11.3 Å². The van der Waals surface area contributed by atoms with Gasteiger partial charge in [0.15, 0.2) is 0 Å². The van der Waals surface area contributed by atoms with Crippen molar-refractivity contribution in [2.24, 2.45) is 5.73 Å². The van der Waals surface area contributed by atoms with Crippen molar-refractivity contribution in [1.82, 2.24) is 0 Å². The van der Waals surface area contributed by atoms with Crippen molar-refractivity contribution in [3.63, 3.8) is 0 Å². The second-order valence-electron chi connectivity index (χ2n) is 3.69. The minimum absolute atomic E-state index is 0.248. The van der Waals surface area contributed by atoms with Crippen molar-refractivity contribution in [3.8, 4) is 5.75 Å². The largest absolute Gasteiger partial charge is 0.495 e. The van der Waals surface area contributed by atoms with Crippen LogP contribution in [-0.4, -0.2) is 7.11 Å². The first-order valence-electron chi connectivity index (χ1n) is 4.18. The van der Waals surface area contributed by atoms with E-state index < -0.39 is 11.4 Å². The van der Waals surface area contributed by atoms with E-state index in [0.717, 1.165) is 0 Å². The molecule has 0 radical (unpaired) electrons. The van der Waals surface area contributed by atoms with Gasteiger partial charge in [0.25, 0.3) is 0 Å². The van der Waals surface area contributed by atoms with Crippen molar-refractivity contribution in [2.75, 3.05) is 7.11 Å². The Hall–Kier alpha value is -0.800. The molecule has 0 heterocycles. The zero-order valence-electron chi connectivity index (χ0n) is 8.40. The second-order valence-corrected chi connectivity index (χ2v) is 4.10. The van der Waals surface area contributed by atoms with E-state index in [4.69, 9.17) is 22.1 Å². The van der Waals surface area contributed by atoms with E-state index >= 15 is 0 Å². The average Bonchev–Trinajstić information content (AvgIpc) is 2.02. The number of hydrogen-bond acceptors (Lipinski definition) is 2. The summed E-state index contributed by atoms with van der Waals surface area (Å²) in [5, 5.41) is 0.248. The number of ether oxygens (including phenoxy) is 1. The highest BCUT2D eigenvalue weighted by molar-refractivity contribution is 6.32. The standard InChI is InChI=1S/C10H13ClFNO/c1-10(2,13)6-4-9(14-3)7(11)5-8(6)12/h4-5H,13H2,1-3H3. The first-order valence-corrected chi connectivity index (χ1v) is 4.56. The van der Waals surface area contributed by atoms with E-state index in [1.165, 1.54) is 19.2 Å². The maximum atomic E-state index is 13.4. The lowest BCUT2D eigenvalue weighted by Gasteiger charge is -2.20. The summed E-state index contributed by atoms with van der Waals surface area (Å²) in [6.45, 7) is 3.44. The Bertz CT molecular complexity index is 347. The number of nitrogens with two attached hydrogens (primary N) is 1. The SMILES string of the molecule is COc1cc(C(C)(C)N)c(F)cc1Cl. The topological polar surface area (TPSA) is 35.2 Å².